The predicted octanol–water partition coefficient (Wildman–Crippen LogP) is 5.29. The molecule has 0 radical (unpaired) electrons. The Morgan fingerprint density at radius 3 is 1.93 bits per heavy atom. The van der Waals surface area contributed by atoms with E-state index in [1.807, 2.05) is 0 Å². The Morgan fingerprint density at radius 1 is 0.889 bits per heavy atom. The number of nitrogens with zero attached hydrogens (tertiary/aromatic N) is 2. The number of hydrogen-bond donors (Lipinski definition) is 1. The Hall–Kier alpha value is -1.06. The van der Waals surface area contributed by atoms with Crippen LogP contribution < -0.4 is 0 Å². The van der Waals surface area contributed by atoms with Gasteiger partial charge in [0.25, 0.3) is 0 Å². The van der Waals surface area contributed by atoms with Gasteiger partial charge in [0.2, 0.25) is 0 Å². The van der Waals surface area contributed by atoms with Gasteiger partial charge in [-0.25, -0.2) is 0 Å². The fraction of sp³-hybridized carbons (Fsp3) is 0.750. The van der Waals surface area contributed by atoms with Crippen molar-refractivity contribution in [2.45, 2.75) is 96.7 Å². The molecule has 0 bridgehead atoms. The molecule has 154 valence electrons. The lowest BCUT2D eigenvalue weighted by Gasteiger charge is -2.41. The Balaban J connectivity index is 2.39. The van der Waals surface area contributed by atoms with Crippen LogP contribution >= 0.6 is 0 Å². The average molecular weight is 375 g/mol. The third kappa shape index (κ3) is 5.26. The molecule has 1 aliphatic rings. The largest absolute Gasteiger partial charge is 0.507 e. The molecule has 1 saturated carbocycles. The van der Waals surface area contributed by atoms with Gasteiger partial charge in [-0.1, -0.05) is 66.5 Å². The van der Waals surface area contributed by atoms with Crippen molar-refractivity contribution in [3.63, 3.8) is 0 Å². The zero-order chi connectivity index (χ0) is 20.6. The minimum absolute atomic E-state index is 0.0675. The highest BCUT2D eigenvalue weighted by Crippen LogP contribution is 2.38. The third-order valence-corrected chi connectivity index (χ3v) is 6.21. The standard InChI is InChI=1S/C24H42N2O/c1-23(2,3)18-14-17(22(27)19(15-18)24(4,5)6)16-26(9)21-13-11-10-12-20(21)25(7)8/h14-15,20-21,27H,10-13,16H2,1-9H3. The van der Waals surface area contributed by atoms with Gasteiger partial charge >= 0.3 is 0 Å². The van der Waals surface area contributed by atoms with Crippen molar-refractivity contribution in [2.24, 2.45) is 0 Å². The van der Waals surface area contributed by atoms with E-state index in [1.54, 1.807) is 0 Å². The monoisotopic (exact) mass is 374 g/mol. The summed E-state index contributed by atoms with van der Waals surface area (Å²) >= 11 is 0. The number of phenolic OH excluding ortho intramolecular Hbond substituents is 1. The second kappa shape index (κ2) is 8.13. The van der Waals surface area contributed by atoms with Gasteiger partial charge in [-0.2, -0.15) is 0 Å². The van der Waals surface area contributed by atoms with Crippen LogP contribution in [0.3, 0.4) is 0 Å². The van der Waals surface area contributed by atoms with Crippen molar-refractivity contribution in [2.75, 3.05) is 21.1 Å². The van der Waals surface area contributed by atoms with E-state index in [0.29, 0.717) is 17.8 Å². The molecule has 0 amide bonds. The molecule has 1 aromatic carbocycles. The van der Waals surface area contributed by atoms with Gasteiger partial charge in [-0.05, 0) is 55.9 Å². The van der Waals surface area contributed by atoms with E-state index in [2.05, 4.69) is 84.6 Å². The second-order valence-electron chi connectivity index (χ2n) is 10.8. The fourth-order valence-corrected chi connectivity index (χ4v) is 4.41. The lowest BCUT2D eigenvalue weighted by Crippen LogP contribution is -2.49. The van der Waals surface area contributed by atoms with E-state index < -0.39 is 0 Å². The first-order valence-electron chi connectivity index (χ1n) is 10.6. The Morgan fingerprint density at radius 2 is 1.44 bits per heavy atom. The fourth-order valence-electron chi connectivity index (χ4n) is 4.41. The zero-order valence-electron chi connectivity index (χ0n) is 19.2. The lowest BCUT2D eigenvalue weighted by atomic mass is 9.78. The van der Waals surface area contributed by atoms with E-state index in [4.69, 9.17) is 0 Å². The van der Waals surface area contributed by atoms with E-state index in [-0.39, 0.29) is 10.8 Å². The minimum atomic E-state index is -0.0737. The molecule has 1 aliphatic carbocycles. The van der Waals surface area contributed by atoms with Crippen LogP contribution in [0.2, 0.25) is 0 Å². The molecule has 1 fully saturated rings. The summed E-state index contributed by atoms with van der Waals surface area (Å²) in [6.45, 7) is 14.1. The maximum atomic E-state index is 11.1. The van der Waals surface area contributed by atoms with Crippen molar-refractivity contribution >= 4 is 0 Å². The predicted molar refractivity (Wildman–Crippen MR) is 117 cm³/mol. The van der Waals surface area contributed by atoms with Gasteiger partial charge in [0, 0.05) is 24.2 Å². The quantitative estimate of drug-likeness (QED) is 0.775. The molecule has 0 heterocycles. The van der Waals surface area contributed by atoms with E-state index in [1.165, 1.54) is 31.2 Å². The molecule has 0 spiro atoms. The van der Waals surface area contributed by atoms with Crippen LogP contribution in [0.25, 0.3) is 0 Å². The SMILES string of the molecule is CN(C)C1CCCCC1N(C)Cc1cc(C(C)(C)C)cc(C(C)(C)C)c1O. The van der Waals surface area contributed by atoms with Crippen molar-refractivity contribution in [3.8, 4) is 5.75 Å². The van der Waals surface area contributed by atoms with Crippen molar-refractivity contribution in [1.82, 2.24) is 9.80 Å². The smallest absolute Gasteiger partial charge is 0.123 e. The van der Waals surface area contributed by atoms with Gasteiger partial charge < -0.3 is 10.0 Å². The van der Waals surface area contributed by atoms with Crippen molar-refractivity contribution in [3.05, 3.63) is 28.8 Å². The molecule has 1 N–H and O–H groups in total. The van der Waals surface area contributed by atoms with Crippen LogP contribution in [-0.2, 0) is 17.4 Å². The topological polar surface area (TPSA) is 26.7 Å². The van der Waals surface area contributed by atoms with Gasteiger partial charge in [-0.15, -0.1) is 0 Å². The molecular weight excluding hydrogens is 332 g/mol. The van der Waals surface area contributed by atoms with Gasteiger partial charge in [0.15, 0.2) is 0 Å². The first-order chi connectivity index (χ1) is 12.3. The first kappa shape index (κ1) is 22.2. The maximum absolute atomic E-state index is 11.1. The van der Waals surface area contributed by atoms with E-state index >= 15 is 0 Å². The summed E-state index contributed by atoms with van der Waals surface area (Å²) in [6.07, 6.45) is 5.14. The molecule has 1 aromatic rings. The highest BCUT2D eigenvalue weighted by atomic mass is 16.3. The van der Waals surface area contributed by atoms with Crippen LogP contribution in [0.4, 0.5) is 0 Å². The number of aromatic hydroxyl groups is 1. The number of benzene rings is 1. The summed E-state index contributed by atoms with van der Waals surface area (Å²) in [4.78, 5) is 4.85. The van der Waals surface area contributed by atoms with E-state index in [0.717, 1.165) is 17.7 Å². The molecule has 3 nitrogen and oxygen atoms in total. The van der Waals surface area contributed by atoms with Crippen LogP contribution in [0.5, 0.6) is 5.75 Å². The number of rotatable bonds is 4. The summed E-state index contributed by atoms with van der Waals surface area (Å²) in [5, 5.41) is 11.1. The Labute approximate surface area is 167 Å². The normalized spacial score (nSPS) is 21.9. The minimum Gasteiger partial charge on any atom is -0.507 e. The second-order valence-corrected chi connectivity index (χ2v) is 10.8. The summed E-state index contributed by atoms with van der Waals surface area (Å²) in [6, 6.07) is 5.58. The summed E-state index contributed by atoms with van der Waals surface area (Å²) in [5.74, 6) is 0.486. The molecular formula is C24H42N2O. The molecule has 2 unspecified atom stereocenters. The van der Waals surface area contributed by atoms with Crippen LogP contribution in [0.15, 0.2) is 12.1 Å². The maximum Gasteiger partial charge on any atom is 0.123 e. The number of hydrogen-bond acceptors (Lipinski definition) is 3. The molecule has 0 aliphatic heterocycles. The zero-order valence-corrected chi connectivity index (χ0v) is 19.2. The van der Waals surface area contributed by atoms with E-state index in [9.17, 15) is 5.11 Å². The molecule has 3 heteroatoms. The van der Waals surface area contributed by atoms with Gasteiger partial charge in [-0.3, -0.25) is 4.90 Å². The highest BCUT2D eigenvalue weighted by Gasteiger charge is 2.31. The molecule has 2 atom stereocenters. The third-order valence-electron chi connectivity index (χ3n) is 6.21. The van der Waals surface area contributed by atoms with Crippen LogP contribution in [-0.4, -0.2) is 48.1 Å². The first-order valence-corrected chi connectivity index (χ1v) is 10.6. The summed E-state index contributed by atoms with van der Waals surface area (Å²) in [5.41, 5.74) is 3.43. The Kier molecular flexibility index (Phi) is 6.69. The summed E-state index contributed by atoms with van der Waals surface area (Å²) < 4.78 is 0. The van der Waals surface area contributed by atoms with Gasteiger partial charge in [0.1, 0.15) is 5.75 Å². The molecule has 27 heavy (non-hydrogen) atoms. The van der Waals surface area contributed by atoms with Crippen LogP contribution in [0, 0.1) is 0 Å². The Bertz CT molecular complexity index is 637. The lowest BCUT2D eigenvalue weighted by molar-refractivity contribution is 0.0871. The van der Waals surface area contributed by atoms with Gasteiger partial charge in [0.05, 0.1) is 0 Å². The number of likely N-dealkylation sites (N-methyl/N-ethyl adjacent to an activating group) is 2. The van der Waals surface area contributed by atoms with Crippen LogP contribution in [0.1, 0.15) is 83.9 Å². The molecule has 0 aromatic heterocycles. The van der Waals surface area contributed by atoms with Crippen molar-refractivity contribution < 1.29 is 5.11 Å². The molecule has 2 rings (SSSR count). The highest BCUT2D eigenvalue weighted by molar-refractivity contribution is 5.48. The number of phenols is 1. The molecule has 0 saturated heterocycles. The summed E-state index contributed by atoms with van der Waals surface area (Å²) in [7, 11) is 6.63. The average Bonchev–Trinajstić information content (AvgIpc) is 2.54. The van der Waals surface area contributed by atoms with Crippen molar-refractivity contribution in [1.29, 1.82) is 0 Å².